The van der Waals surface area contributed by atoms with Gasteiger partial charge in [-0.1, -0.05) is 19.1 Å². The van der Waals surface area contributed by atoms with E-state index in [1.807, 2.05) is 25.1 Å². The lowest BCUT2D eigenvalue weighted by Gasteiger charge is -2.36. The van der Waals surface area contributed by atoms with E-state index in [-0.39, 0.29) is 5.91 Å². The van der Waals surface area contributed by atoms with E-state index in [4.69, 9.17) is 10.7 Å². The number of thiazole rings is 1. The zero-order valence-corrected chi connectivity index (χ0v) is 13.8. The quantitative estimate of drug-likeness (QED) is 0.921. The van der Waals surface area contributed by atoms with Gasteiger partial charge in [-0.2, -0.15) is 5.26 Å². The van der Waals surface area contributed by atoms with Gasteiger partial charge in [-0.05, 0) is 17.7 Å². The number of piperidine rings is 1. The van der Waals surface area contributed by atoms with Crippen molar-refractivity contribution in [2.45, 2.75) is 25.2 Å². The minimum Gasteiger partial charge on any atom is -0.304 e. The smallest absolute Gasteiger partial charge is 0.228 e. The molecule has 1 aliphatic heterocycles. The molecule has 0 radical (unpaired) electrons. The van der Waals surface area contributed by atoms with Crippen LogP contribution in [0.4, 0.5) is 0 Å². The normalized spacial score (nSPS) is 21.3. The monoisotopic (exact) mass is 324 g/mol. The molecule has 5 nitrogen and oxygen atoms in total. The van der Waals surface area contributed by atoms with Gasteiger partial charge in [0, 0.05) is 31.5 Å². The number of nitriles is 1. The van der Waals surface area contributed by atoms with Crippen molar-refractivity contribution in [2.75, 3.05) is 7.05 Å². The highest BCUT2D eigenvalue weighted by Crippen LogP contribution is 2.40. The van der Waals surface area contributed by atoms with Gasteiger partial charge in [-0.25, -0.2) is 4.98 Å². The van der Waals surface area contributed by atoms with Crippen LogP contribution in [0.3, 0.4) is 0 Å². The summed E-state index contributed by atoms with van der Waals surface area (Å²) in [6.07, 6.45) is 2.64. The molecule has 0 unspecified atom stereocenters. The fourth-order valence-corrected chi connectivity index (χ4v) is 3.79. The number of amidine groups is 1. The topological polar surface area (TPSA) is 80.8 Å². The van der Waals surface area contributed by atoms with Gasteiger partial charge in [0.2, 0.25) is 5.91 Å². The van der Waals surface area contributed by atoms with Crippen molar-refractivity contribution in [1.29, 1.82) is 10.7 Å². The molecular formula is C17H16N4OS. The third-order valence-electron chi connectivity index (χ3n) is 4.18. The van der Waals surface area contributed by atoms with Crippen molar-refractivity contribution in [3.8, 4) is 16.5 Å². The number of likely N-dealkylation sites (tertiary alicyclic amines) is 1. The molecule has 0 saturated carbocycles. The van der Waals surface area contributed by atoms with Crippen molar-refractivity contribution >= 4 is 23.1 Å². The maximum atomic E-state index is 12.1. The third kappa shape index (κ3) is 2.76. The second-order valence-electron chi connectivity index (χ2n) is 6.04. The molecule has 6 heteroatoms. The molecule has 116 valence electrons. The molecule has 1 aliphatic rings. The molecule has 1 amide bonds. The fraction of sp³-hybridized carbons (Fsp3) is 0.294. The number of benzene rings is 1. The maximum Gasteiger partial charge on any atom is 0.228 e. The lowest BCUT2D eigenvalue weighted by molar-refractivity contribution is -0.128. The third-order valence-corrected chi connectivity index (χ3v) is 5.53. The number of nitrogens with zero attached hydrogens (tertiary/aromatic N) is 3. The Labute approximate surface area is 138 Å². The molecule has 1 fully saturated rings. The Kier molecular flexibility index (Phi) is 3.74. The molecule has 0 spiro atoms. The highest BCUT2D eigenvalue weighted by molar-refractivity contribution is 7.15. The Morgan fingerprint density at radius 3 is 2.91 bits per heavy atom. The van der Waals surface area contributed by atoms with Crippen LogP contribution in [0.1, 0.15) is 30.3 Å². The molecule has 3 rings (SSSR count). The molecule has 1 aromatic heterocycles. The zero-order chi connectivity index (χ0) is 16.6. The Morgan fingerprint density at radius 2 is 2.22 bits per heavy atom. The first-order valence-corrected chi connectivity index (χ1v) is 8.05. The van der Waals surface area contributed by atoms with Gasteiger partial charge >= 0.3 is 0 Å². The number of amides is 1. The summed E-state index contributed by atoms with van der Waals surface area (Å²) in [5.74, 6) is 0.277. The molecule has 1 atom stereocenters. The molecule has 1 N–H and O–H groups in total. The van der Waals surface area contributed by atoms with Crippen LogP contribution in [0, 0.1) is 16.7 Å². The zero-order valence-electron chi connectivity index (χ0n) is 13.0. The summed E-state index contributed by atoms with van der Waals surface area (Å²) in [7, 11) is 1.64. The van der Waals surface area contributed by atoms with Crippen molar-refractivity contribution in [3.63, 3.8) is 0 Å². The van der Waals surface area contributed by atoms with E-state index >= 15 is 0 Å². The van der Waals surface area contributed by atoms with E-state index in [0.717, 1.165) is 15.4 Å². The summed E-state index contributed by atoms with van der Waals surface area (Å²) in [6, 6.07) is 9.54. The lowest BCUT2D eigenvalue weighted by Crippen LogP contribution is -2.46. The van der Waals surface area contributed by atoms with Crippen molar-refractivity contribution < 1.29 is 4.79 Å². The van der Waals surface area contributed by atoms with Gasteiger partial charge < -0.3 is 4.90 Å². The van der Waals surface area contributed by atoms with Crippen LogP contribution in [0.5, 0.6) is 0 Å². The average Bonchev–Trinajstić information content (AvgIpc) is 3.03. The molecule has 2 aromatic rings. The van der Waals surface area contributed by atoms with E-state index in [0.29, 0.717) is 24.2 Å². The number of aromatic nitrogens is 1. The summed E-state index contributed by atoms with van der Waals surface area (Å²) in [6.45, 7) is 1.99. The van der Waals surface area contributed by atoms with E-state index in [1.165, 1.54) is 16.2 Å². The van der Waals surface area contributed by atoms with Crippen LogP contribution in [0.25, 0.3) is 10.4 Å². The Bertz CT molecular complexity index is 815. The number of carbonyl (C=O) groups excluding carboxylic acids is 1. The SMILES string of the molecule is CN1C(=N)C[C@](C)(c2ncc(-c3cccc(C#N)c3)s2)CC1=O. The molecule has 2 heterocycles. The highest BCUT2D eigenvalue weighted by atomic mass is 32.1. The van der Waals surface area contributed by atoms with Gasteiger partial charge in [-0.15, -0.1) is 11.3 Å². The molecule has 0 aliphatic carbocycles. The predicted octanol–water partition coefficient (Wildman–Crippen LogP) is 3.17. The summed E-state index contributed by atoms with van der Waals surface area (Å²) < 4.78 is 0. The summed E-state index contributed by atoms with van der Waals surface area (Å²) in [4.78, 5) is 19.0. The minimum absolute atomic E-state index is 0.0491. The van der Waals surface area contributed by atoms with E-state index < -0.39 is 5.41 Å². The van der Waals surface area contributed by atoms with Crippen LogP contribution < -0.4 is 0 Å². The fourth-order valence-electron chi connectivity index (χ4n) is 2.73. The number of hydrogen-bond acceptors (Lipinski definition) is 5. The Balaban J connectivity index is 1.94. The predicted molar refractivity (Wildman–Crippen MR) is 89.3 cm³/mol. The van der Waals surface area contributed by atoms with Gasteiger partial charge in [0.25, 0.3) is 0 Å². The average molecular weight is 324 g/mol. The first-order valence-electron chi connectivity index (χ1n) is 7.24. The van der Waals surface area contributed by atoms with Gasteiger partial charge in [0.15, 0.2) is 0 Å². The molecule has 23 heavy (non-hydrogen) atoms. The Morgan fingerprint density at radius 1 is 1.43 bits per heavy atom. The molecule has 0 bridgehead atoms. The number of hydrogen-bond donors (Lipinski definition) is 1. The second kappa shape index (κ2) is 5.60. The van der Waals surface area contributed by atoms with Gasteiger partial charge in [0.05, 0.1) is 21.5 Å². The second-order valence-corrected chi connectivity index (χ2v) is 7.07. The lowest BCUT2D eigenvalue weighted by atomic mass is 9.80. The maximum absolute atomic E-state index is 12.1. The first kappa shape index (κ1) is 15.4. The van der Waals surface area contributed by atoms with Crippen LogP contribution >= 0.6 is 11.3 Å². The van der Waals surface area contributed by atoms with Crippen molar-refractivity contribution in [1.82, 2.24) is 9.88 Å². The van der Waals surface area contributed by atoms with E-state index in [9.17, 15) is 4.79 Å². The van der Waals surface area contributed by atoms with Crippen LogP contribution in [0.2, 0.25) is 0 Å². The van der Waals surface area contributed by atoms with E-state index in [2.05, 4.69) is 11.1 Å². The Hall–Kier alpha value is -2.52. The molecular weight excluding hydrogens is 308 g/mol. The minimum atomic E-state index is -0.434. The summed E-state index contributed by atoms with van der Waals surface area (Å²) >= 11 is 1.53. The van der Waals surface area contributed by atoms with Crippen LogP contribution in [0.15, 0.2) is 30.5 Å². The first-order chi connectivity index (χ1) is 10.9. The van der Waals surface area contributed by atoms with Crippen molar-refractivity contribution in [3.05, 3.63) is 41.0 Å². The highest BCUT2D eigenvalue weighted by Gasteiger charge is 2.40. The number of rotatable bonds is 2. The van der Waals surface area contributed by atoms with E-state index in [1.54, 1.807) is 19.3 Å². The standard InChI is InChI=1S/C17H16N4OS/c1-17(7-14(19)21(2)15(22)8-17)16-20-10-13(23-16)12-5-3-4-11(6-12)9-18/h3-6,10,19H,7-8H2,1-2H3/t17-/m0/s1. The van der Waals surface area contributed by atoms with Gasteiger partial charge in [-0.3, -0.25) is 10.2 Å². The largest absolute Gasteiger partial charge is 0.304 e. The van der Waals surface area contributed by atoms with Gasteiger partial charge in [0.1, 0.15) is 5.84 Å². The molecule has 1 saturated heterocycles. The number of carbonyl (C=O) groups is 1. The summed E-state index contributed by atoms with van der Waals surface area (Å²) in [5.41, 5.74) is 1.13. The van der Waals surface area contributed by atoms with Crippen molar-refractivity contribution in [2.24, 2.45) is 0 Å². The number of nitrogens with one attached hydrogen (secondary N) is 1. The van der Waals surface area contributed by atoms with Crippen LogP contribution in [-0.4, -0.2) is 28.7 Å². The van der Waals surface area contributed by atoms with Crippen LogP contribution in [-0.2, 0) is 10.2 Å². The molecule has 1 aromatic carbocycles. The summed E-state index contributed by atoms with van der Waals surface area (Å²) in [5, 5.41) is 17.9.